The van der Waals surface area contributed by atoms with Crippen LogP contribution in [0.15, 0.2) is 30.3 Å². The zero-order valence-electron chi connectivity index (χ0n) is 18.4. The van der Waals surface area contributed by atoms with E-state index in [9.17, 15) is 9.18 Å². The van der Waals surface area contributed by atoms with E-state index in [1.54, 1.807) is 17.7 Å². The van der Waals surface area contributed by atoms with Crippen LogP contribution in [0.2, 0.25) is 0 Å². The van der Waals surface area contributed by atoms with Crippen molar-refractivity contribution in [3.63, 3.8) is 0 Å². The maximum Gasteiger partial charge on any atom is 0.252 e. The molecule has 1 aromatic carbocycles. The molecule has 3 heterocycles. The second-order valence-corrected chi connectivity index (χ2v) is 8.16. The first-order chi connectivity index (χ1) is 14.8. The van der Waals surface area contributed by atoms with Gasteiger partial charge < -0.3 is 9.80 Å². The van der Waals surface area contributed by atoms with Crippen LogP contribution in [0.5, 0.6) is 0 Å². The van der Waals surface area contributed by atoms with Gasteiger partial charge in [0.05, 0.1) is 11.4 Å². The Hall–Kier alpha value is -3.29. The average Bonchev–Trinajstić information content (AvgIpc) is 3.05. The molecule has 0 bridgehead atoms. The number of halogens is 1. The van der Waals surface area contributed by atoms with Crippen molar-refractivity contribution in [1.82, 2.24) is 24.6 Å². The molecule has 1 aliphatic rings. The van der Waals surface area contributed by atoms with Gasteiger partial charge in [0.2, 0.25) is 5.91 Å². The van der Waals surface area contributed by atoms with Gasteiger partial charge in [0.1, 0.15) is 11.6 Å². The summed E-state index contributed by atoms with van der Waals surface area (Å²) in [5, 5.41) is 4.54. The summed E-state index contributed by atoms with van der Waals surface area (Å²) >= 11 is 0. The van der Waals surface area contributed by atoms with Crippen LogP contribution in [0.25, 0.3) is 5.95 Å². The number of anilines is 1. The zero-order valence-corrected chi connectivity index (χ0v) is 18.4. The molecule has 3 aromatic rings. The van der Waals surface area contributed by atoms with E-state index in [4.69, 9.17) is 9.97 Å². The molecular weight excluding hydrogens is 395 g/mol. The molecule has 7 nitrogen and oxygen atoms in total. The Balaban J connectivity index is 1.70. The lowest BCUT2D eigenvalue weighted by Crippen LogP contribution is -2.48. The lowest BCUT2D eigenvalue weighted by molar-refractivity contribution is -0.129. The number of hydrogen-bond acceptors (Lipinski definition) is 5. The van der Waals surface area contributed by atoms with Crippen LogP contribution >= 0.6 is 0 Å². The quantitative estimate of drug-likeness (QED) is 0.647. The summed E-state index contributed by atoms with van der Waals surface area (Å²) in [6, 6.07) is 8.98. The Labute approximate surface area is 181 Å². The van der Waals surface area contributed by atoms with Crippen molar-refractivity contribution in [3.8, 4) is 5.95 Å². The number of benzene rings is 1. The molecule has 162 valence electrons. The molecule has 1 amide bonds. The van der Waals surface area contributed by atoms with Gasteiger partial charge in [0.15, 0.2) is 0 Å². The number of carbonyl (C=O) groups excluding carboxylic acids is 1. The molecule has 8 heteroatoms. The Morgan fingerprint density at radius 1 is 1.00 bits per heavy atom. The molecule has 0 unspecified atom stereocenters. The van der Waals surface area contributed by atoms with Gasteiger partial charge in [0, 0.05) is 51.3 Å². The SMILES string of the molecule is CC(=O)N1CCN(c2cc(Cc3cc(C)cc(F)c3)nc(-n3nc(C)cc3C)n2)CC1. The van der Waals surface area contributed by atoms with Crippen LogP contribution in [-0.4, -0.2) is 56.7 Å². The maximum atomic E-state index is 13.9. The van der Waals surface area contributed by atoms with Crippen molar-refractivity contribution in [3.05, 3.63) is 64.4 Å². The molecule has 1 aliphatic heterocycles. The third kappa shape index (κ3) is 4.73. The van der Waals surface area contributed by atoms with Crippen LogP contribution in [0.3, 0.4) is 0 Å². The highest BCUT2D eigenvalue weighted by Crippen LogP contribution is 2.21. The van der Waals surface area contributed by atoms with E-state index in [0.29, 0.717) is 38.5 Å². The molecule has 0 aliphatic carbocycles. The van der Waals surface area contributed by atoms with Crippen LogP contribution in [-0.2, 0) is 11.2 Å². The number of hydrogen-bond donors (Lipinski definition) is 0. The number of aryl methyl sites for hydroxylation is 3. The molecule has 31 heavy (non-hydrogen) atoms. The van der Waals surface area contributed by atoms with E-state index in [1.165, 1.54) is 6.07 Å². The van der Waals surface area contributed by atoms with E-state index in [2.05, 4.69) is 10.00 Å². The van der Waals surface area contributed by atoms with Gasteiger partial charge in [0.25, 0.3) is 5.95 Å². The summed E-state index contributed by atoms with van der Waals surface area (Å²) in [6.07, 6.45) is 0.494. The number of piperazine rings is 1. The fourth-order valence-corrected chi connectivity index (χ4v) is 4.02. The smallest absolute Gasteiger partial charge is 0.252 e. The molecule has 0 radical (unpaired) electrons. The van der Waals surface area contributed by atoms with Crippen LogP contribution < -0.4 is 4.90 Å². The number of amides is 1. The van der Waals surface area contributed by atoms with E-state index in [0.717, 1.165) is 34.0 Å². The van der Waals surface area contributed by atoms with Crippen molar-refractivity contribution in [1.29, 1.82) is 0 Å². The Bertz CT molecular complexity index is 1100. The van der Waals surface area contributed by atoms with Crippen LogP contribution in [0.4, 0.5) is 10.2 Å². The molecule has 0 atom stereocenters. The minimum atomic E-state index is -0.247. The van der Waals surface area contributed by atoms with Crippen molar-refractivity contribution >= 4 is 11.7 Å². The van der Waals surface area contributed by atoms with Gasteiger partial charge in [-0.15, -0.1) is 0 Å². The highest BCUT2D eigenvalue weighted by atomic mass is 19.1. The predicted octanol–water partition coefficient (Wildman–Crippen LogP) is 2.99. The molecule has 1 saturated heterocycles. The van der Waals surface area contributed by atoms with Gasteiger partial charge >= 0.3 is 0 Å². The van der Waals surface area contributed by atoms with Crippen molar-refractivity contribution < 1.29 is 9.18 Å². The number of carbonyl (C=O) groups is 1. The van der Waals surface area contributed by atoms with Crippen LogP contribution in [0, 0.1) is 26.6 Å². The standard InChI is InChI=1S/C23H27FN6O/c1-15-9-19(12-20(24)10-15)13-21-14-22(29-7-5-28(6-8-29)18(4)31)26-23(25-21)30-17(3)11-16(2)27-30/h9-12,14H,5-8,13H2,1-4H3. The number of aromatic nitrogens is 4. The normalized spacial score (nSPS) is 14.2. The second-order valence-electron chi connectivity index (χ2n) is 8.16. The number of nitrogens with zero attached hydrogens (tertiary/aromatic N) is 6. The molecule has 4 rings (SSSR count). The fraction of sp³-hybridized carbons (Fsp3) is 0.391. The molecule has 0 saturated carbocycles. The third-order valence-electron chi connectivity index (χ3n) is 5.49. The molecule has 0 N–H and O–H groups in total. The zero-order chi connectivity index (χ0) is 22.1. The summed E-state index contributed by atoms with van der Waals surface area (Å²) in [5.41, 5.74) is 4.38. The largest absolute Gasteiger partial charge is 0.353 e. The fourth-order valence-electron chi connectivity index (χ4n) is 4.02. The van der Waals surface area contributed by atoms with E-state index in [1.807, 2.05) is 43.9 Å². The summed E-state index contributed by atoms with van der Waals surface area (Å²) in [4.78, 5) is 25.2. The van der Waals surface area contributed by atoms with Crippen molar-refractivity contribution in [2.45, 2.75) is 34.1 Å². The van der Waals surface area contributed by atoms with Gasteiger partial charge in [-0.25, -0.2) is 14.1 Å². The van der Waals surface area contributed by atoms with Crippen LogP contribution in [0.1, 0.15) is 35.1 Å². The van der Waals surface area contributed by atoms with E-state index >= 15 is 0 Å². The van der Waals surface area contributed by atoms with Gasteiger partial charge in [-0.1, -0.05) is 6.07 Å². The monoisotopic (exact) mass is 422 g/mol. The Kier molecular flexibility index (Phi) is 5.71. The summed E-state index contributed by atoms with van der Waals surface area (Å²) in [6.45, 7) is 10.1. The van der Waals surface area contributed by atoms with E-state index < -0.39 is 0 Å². The Morgan fingerprint density at radius 2 is 1.74 bits per heavy atom. The summed E-state index contributed by atoms with van der Waals surface area (Å²) in [5.74, 6) is 1.14. The highest BCUT2D eigenvalue weighted by molar-refractivity contribution is 5.73. The van der Waals surface area contributed by atoms with Gasteiger partial charge in [-0.05, 0) is 50.1 Å². The van der Waals surface area contributed by atoms with Crippen molar-refractivity contribution in [2.75, 3.05) is 31.1 Å². The molecular formula is C23H27FN6O. The molecule has 2 aromatic heterocycles. The topological polar surface area (TPSA) is 67.2 Å². The van der Waals surface area contributed by atoms with Crippen molar-refractivity contribution in [2.24, 2.45) is 0 Å². The first kappa shape index (κ1) is 21.0. The third-order valence-corrected chi connectivity index (χ3v) is 5.49. The van der Waals surface area contributed by atoms with Gasteiger partial charge in [-0.2, -0.15) is 10.1 Å². The minimum absolute atomic E-state index is 0.0906. The highest BCUT2D eigenvalue weighted by Gasteiger charge is 2.21. The minimum Gasteiger partial charge on any atom is -0.353 e. The average molecular weight is 423 g/mol. The lowest BCUT2D eigenvalue weighted by Gasteiger charge is -2.35. The van der Waals surface area contributed by atoms with Gasteiger partial charge in [-0.3, -0.25) is 4.79 Å². The van der Waals surface area contributed by atoms with E-state index in [-0.39, 0.29) is 11.7 Å². The predicted molar refractivity (Wildman–Crippen MR) is 117 cm³/mol. The summed E-state index contributed by atoms with van der Waals surface area (Å²) < 4.78 is 15.7. The molecule has 0 spiro atoms. The number of rotatable bonds is 4. The first-order valence-corrected chi connectivity index (χ1v) is 10.5. The Morgan fingerprint density at radius 3 is 2.35 bits per heavy atom. The summed E-state index contributed by atoms with van der Waals surface area (Å²) in [7, 11) is 0. The first-order valence-electron chi connectivity index (χ1n) is 10.5. The molecule has 1 fully saturated rings. The maximum absolute atomic E-state index is 13.9. The second kappa shape index (κ2) is 8.45. The lowest BCUT2D eigenvalue weighted by atomic mass is 10.1.